The molecule has 11 heteroatoms. The number of hydrogen-bond donors (Lipinski definition) is 2. The van der Waals surface area contributed by atoms with Gasteiger partial charge in [-0.15, -0.1) is 0 Å². The van der Waals surface area contributed by atoms with Crippen molar-refractivity contribution in [2.24, 2.45) is 5.10 Å². The Bertz CT molecular complexity index is 1140. The Balaban J connectivity index is 1.70. The van der Waals surface area contributed by atoms with E-state index in [1.807, 2.05) is 0 Å². The highest BCUT2D eigenvalue weighted by Crippen LogP contribution is 2.19. The number of hydrogen-bond acceptors (Lipinski definition) is 8. The van der Waals surface area contributed by atoms with Crippen LogP contribution in [0.15, 0.2) is 64.5 Å². The van der Waals surface area contributed by atoms with E-state index < -0.39 is 11.7 Å². The zero-order valence-electron chi connectivity index (χ0n) is 18.9. The lowest BCUT2D eigenvalue weighted by atomic mass is 10.2. The van der Waals surface area contributed by atoms with E-state index in [2.05, 4.69) is 37.4 Å². The van der Waals surface area contributed by atoms with Crippen LogP contribution in [0.5, 0.6) is 0 Å². The van der Waals surface area contributed by atoms with E-state index in [1.54, 1.807) is 49.1 Å². The van der Waals surface area contributed by atoms with Gasteiger partial charge < -0.3 is 15.0 Å². The molecule has 178 valence electrons. The van der Waals surface area contributed by atoms with Crippen LogP contribution < -0.4 is 15.6 Å². The van der Waals surface area contributed by atoms with Crippen LogP contribution in [0.2, 0.25) is 0 Å². The number of allylic oxidation sites excluding steroid dienone is 4. The number of carbonyl (C=O) groups excluding carboxylic acids is 1. The molecule has 2 aromatic rings. The summed E-state index contributed by atoms with van der Waals surface area (Å²) in [5.41, 5.74) is 4.42. The van der Waals surface area contributed by atoms with Gasteiger partial charge in [-0.1, -0.05) is 36.4 Å². The summed E-state index contributed by atoms with van der Waals surface area (Å²) in [4.78, 5) is 26.9. The third-order valence-electron chi connectivity index (χ3n) is 4.83. The summed E-state index contributed by atoms with van der Waals surface area (Å²) >= 11 is 6.21. The molecule has 0 bridgehead atoms. The van der Waals surface area contributed by atoms with E-state index in [1.165, 1.54) is 6.21 Å². The normalized spacial score (nSPS) is 15.2. The van der Waals surface area contributed by atoms with Crippen molar-refractivity contribution in [1.29, 1.82) is 0 Å². The van der Waals surface area contributed by atoms with Crippen molar-refractivity contribution in [1.82, 2.24) is 20.3 Å². The molecule has 9 nitrogen and oxygen atoms in total. The fourth-order valence-corrected chi connectivity index (χ4v) is 3.18. The second kappa shape index (κ2) is 12.0. The number of morpholine rings is 1. The number of nitrogens with one attached hydrogen (secondary N) is 2. The average Bonchev–Trinajstić information content (AvgIpc) is 2.87. The Hall–Kier alpha value is -3.63. The minimum atomic E-state index is -0.519. The van der Waals surface area contributed by atoms with Gasteiger partial charge in [-0.05, 0) is 31.6 Å². The molecule has 0 atom stereocenters. The van der Waals surface area contributed by atoms with Crippen molar-refractivity contribution in [3.63, 3.8) is 0 Å². The first-order valence-corrected chi connectivity index (χ1v) is 10.9. The van der Waals surface area contributed by atoms with Crippen LogP contribution in [-0.2, 0) is 4.74 Å². The lowest BCUT2D eigenvalue weighted by molar-refractivity contribution is 0.0961. The van der Waals surface area contributed by atoms with Gasteiger partial charge in [0.15, 0.2) is 11.6 Å². The first kappa shape index (κ1) is 25.0. The van der Waals surface area contributed by atoms with Crippen LogP contribution >= 0.6 is 11.6 Å². The lowest BCUT2D eigenvalue weighted by Crippen LogP contribution is -2.37. The molecule has 0 aromatic carbocycles. The minimum absolute atomic E-state index is 0.128. The molecule has 34 heavy (non-hydrogen) atoms. The van der Waals surface area contributed by atoms with Crippen molar-refractivity contribution >= 4 is 35.5 Å². The Labute approximate surface area is 202 Å². The number of pyridine rings is 1. The van der Waals surface area contributed by atoms with E-state index in [4.69, 9.17) is 16.3 Å². The maximum Gasteiger partial charge on any atom is 0.274 e. The number of aromatic nitrogens is 3. The van der Waals surface area contributed by atoms with Gasteiger partial charge in [-0.3, -0.25) is 4.79 Å². The molecule has 0 radical (unpaired) electrons. The number of rotatable bonds is 8. The predicted molar refractivity (Wildman–Crippen MR) is 130 cm³/mol. The van der Waals surface area contributed by atoms with E-state index in [9.17, 15) is 9.18 Å². The second-order valence-electron chi connectivity index (χ2n) is 7.14. The molecule has 1 aliphatic rings. The van der Waals surface area contributed by atoms with Crippen molar-refractivity contribution < 1.29 is 13.9 Å². The number of ether oxygens (including phenoxy) is 1. The number of halogens is 2. The van der Waals surface area contributed by atoms with Gasteiger partial charge in [0.25, 0.3) is 5.91 Å². The Morgan fingerprint density at radius 2 is 2.09 bits per heavy atom. The van der Waals surface area contributed by atoms with Crippen molar-refractivity contribution in [2.75, 3.05) is 36.6 Å². The summed E-state index contributed by atoms with van der Waals surface area (Å²) < 4.78 is 19.4. The predicted octanol–water partition coefficient (Wildman–Crippen LogP) is 3.63. The number of hydrazone groups is 1. The minimum Gasteiger partial charge on any atom is -0.378 e. The summed E-state index contributed by atoms with van der Waals surface area (Å²) in [6.45, 7) is 9.36. The van der Waals surface area contributed by atoms with Crippen LogP contribution in [-0.4, -0.2) is 53.4 Å². The Morgan fingerprint density at radius 3 is 2.79 bits per heavy atom. The number of anilines is 2. The van der Waals surface area contributed by atoms with Gasteiger partial charge in [0.2, 0.25) is 5.95 Å². The molecular formula is C23H25ClFN7O2. The van der Waals surface area contributed by atoms with E-state index in [0.717, 1.165) is 6.20 Å². The molecule has 0 saturated carbocycles. The summed E-state index contributed by atoms with van der Waals surface area (Å²) in [5.74, 6) is -0.638. The molecule has 1 saturated heterocycles. The molecule has 2 aromatic heterocycles. The van der Waals surface area contributed by atoms with Crippen LogP contribution in [0.4, 0.5) is 16.2 Å². The fraction of sp³-hybridized carbons (Fsp3) is 0.261. The average molecular weight is 486 g/mol. The van der Waals surface area contributed by atoms with E-state index >= 15 is 0 Å². The van der Waals surface area contributed by atoms with Crippen molar-refractivity contribution in [3.05, 3.63) is 76.6 Å². The van der Waals surface area contributed by atoms with Crippen LogP contribution in [0, 0.1) is 5.82 Å². The maximum atomic E-state index is 14.2. The lowest BCUT2D eigenvalue weighted by Gasteiger charge is -2.27. The molecular weight excluding hydrogens is 461 g/mol. The zero-order valence-corrected chi connectivity index (χ0v) is 19.6. The summed E-state index contributed by atoms with van der Waals surface area (Å²) in [5, 5.41) is 7.22. The van der Waals surface area contributed by atoms with Crippen LogP contribution in [0.3, 0.4) is 0 Å². The molecule has 0 aliphatic carbocycles. The summed E-state index contributed by atoms with van der Waals surface area (Å²) in [6.07, 6.45) is 5.77. The van der Waals surface area contributed by atoms with Crippen LogP contribution in [0.1, 0.15) is 30.0 Å². The summed E-state index contributed by atoms with van der Waals surface area (Å²) in [6, 6.07) is 4.93. The highest BCUT2D eigenvalue weighted by atomic mass is 35.5. The second-order valence-corrected chi connectivity index (χ2v) is 7.54. The first-order valence-electron chi connectivity index (χ1n) is 10.5. The number of nitrogens with zero attached hydrogens (tertiary/aromatic N) is 5. The number of carbonyl (C=O) groups is 1. The summed E-state index contributed by atoms with van der Waals surface area (Å²) in [7, 11) is 0. The molecule has 1 amide bonds. The van der Waals surface area contributed by atoms with Gasteiger partial charge >= 0.3 is 0 Å². The smallest absolute Gasteiger partial charge is 0.274 e. The van der Waals surface area contributed by atoms with Crippen molar-refractivity contribution in [2.45, 2.75) is 13.8 Å². The maximum absolute atomic E-state index is 14.2. The van der Waals surface area contributed by atoms with Gasteiger partial charge in [0, 0.05) is 13.1 Å². The largest absolute Gasteiger partial charge is 0.378 e. The monoisotopic (exact) mass is 485 g/mol. The molecule has 0 unspecified atom stereocenters. The highest BCUT2D eigenvalue weighted by molar-refractivity contribution is 6.32. The molecule has 3 heterocycles. The van der Waals surface area contributed by atoms with Gasteiger partial charge in [0.05, 0.1) is 42.0 Å². The Morgan fingerprint density at radius 1 is 1.32 bits per heavy atom. The van der Waals surface area contributed by atoms with Crippen molar-refractivity contribution in [3.8, 4) is 0 Å². The molecule has 1 fully saturated rings. The molecule has 3 rings (SSSR count). The topological polar surface area (TPSA) is 105 Å². The molecule has 0 spiro atoms. The van der Waals surface area contributed by atoms with Gasteiger partial charge in [-0.2, -0.15) is 10.1 Å². The SMILES string of the molecule is C=C/C(C)=C(NC(=O)c1cccc(/C=N/Nc2ncc(F)c(N3CCOCC3)n2)n1)\C(Cl)=C/C. The molecule has 2 N–H and O–H groups in total. The van der Waals surface area contributed by atoms with E-state index in [0.29, 0.717) is 48.3 Å². The number of amides is 1. The zero-order chi connectivity index (χ0) is 24.5. The third kappa shape index (κ3) is 6.46. The fourth-order valence-electron chi connectivity index (χ4n) is 2.99. The Kier molecular flexibility index (Phi) is 8.83. The van der Waals surface area contributed by atoms with Gasteiger partial charge in [0.1, 0.15) is 5.69 Å². The molecule has 1 aliphatic heterocycles. The van der Waals surface area contributed by atoms with E-state index in [-0.39, 0.29) is 17.5 Å². The highest BCUT2D eigenvalue weighted by Gasteiger charge is 2.18. The van der Waals surface area contributed by atoms with Crippen LogP contribution in [0.25, 0.3) is 0 Å². The van der Waals surface area contributed by atoms with Gasteiger partial charge in [-0.25, -0.2) is 19.8 Å². The third-order valence-corrected chi connectivity index (χ3v) is 5.24. The quantitative estimate of drug-likeness (QED) is 0.334. The standard InChI is InChI=1S/C23H25ClFN7O2/c1-4-15(3)20(17(24)5-2)29-22(33)19-8-6-7-16(28-19)13-27-31-23-26-14-18(25)21(30-23)32-9-11-34-12-10-32/h4-8,13-14H,1,9-12H2,2-3H3,(H,29,33)(H,26,30,31)/b17-5+,20-15+,27-13+. The first-order chi connectivity index (χ1) is 16.4.